The molecule has 0 atom stereocenters. The van der Waals surface area contributed by atoms with Gasteiger partial charge in [0.25, 0.3) is 0 Å². The van der Waals surface area contributed by atoms with Crippen LogP contribution in [0.2, 0.25) is 0 Å². The summed E-state index contributed by atoms with van der Waals surface area (Å²) in [5.74, 6) is 1.43. The molecule has 0 bridgehead atoms. The molecule has 1 aromatic heterocycles. The van der Waals surface area contributed by atoms with Gasteiger partial charge in [-0.2, -0.15) is 0 Å². The average Bonchev–Trinajstić information content (AvgIpc) is 2.87. The SMILES string of the molecule is CCCc1nccn1CC(=O)Nc1ccc(C(C)C)cc1. The van der Waals surface area contributed by atoms with Crippen LogP contribution in [0.1, 0.15) is 44.5 Å². The summed E-state index contributed by atoms with van der Waals surface area (Å²) in [4.78, 5) is 16.4. The fourth-order valence-corrected chi connectivity index (χ4v) is 2.24. The van der Waals surface area contributed by atoms with Gasteiger partial charge in [-0.3, -0.25) is 4.79 Å². The largest absolute Gasteiger partial charge is 0.326 e. The number of nitrogens with one attached hydrogen (secondary N) is 1. The Morgan fingerprint density at radius 3 is 2.62 bits per heavy atom. The number of aryl methyl sites for hydroxylation is 1. The van der Waals surface area contributed by atoms with E-state index in [1.165, 1.54) is 5.56 Å². The Hall–Kier alpha value is -2.10. The van der Waals surface area contributed by atoms with Crippen LogP contribution >= 0.6 is 0 Å². The number of anilines is 1. The molecule has 112 valence electrons. The molecule has 1 heterocycles. The van der Waals surface area contributed by atoms with E-state index < -0.39 is 0 Å². The van der Waals surface area contributed by atoms with Gasteiger partial charge in [-0.1, -0.05) is 32.9 Å². The number of aromatic nitrogens is 2. The molecule has 21 heavy (non-hydrogen) atoms. The number of nitrogens with zero attached hydrogens (tertiary/aromatic N) is 2. The van der Waals surface area contributed by atoms with Gasteiger partial charge in [0.05, 0.1) is 0 Å². The highest BCUT2D eigenvalue weighted by atomic mass is 16.1. The number of hydrogen-bond acceptors (Lipinski definition) is 2. The molecule has 0 aliphatic heterocycles. The van der Waals surface area contributed by atoms with Crippen molar-refractivity contribution in [3.8, 4) is 0 Å². The molecule has 1 N–H and O–H groups in total. The number of rotatable bonds is 6. The van der Waals surface area contributed by atoms with E-state index in [1.807, 2.05) is 22.9 Å². The van der Waals surface area contributed by atoms with Crippen LogP contribution in [-0.4, -0.2) is 15.5 Å². The minimum absolute atomic E-state index is 0.0253. The van der Waals surface area contributed by atoms with Crippen molar-refractivity contribution >= 4 is 11.6 Å². The van der Waals surface area contributed by atoms with Crippen molar-refractivity contribution in [2.75, 3.05) is 5.32 Å². The zero-order chi connectivity index (χ0) is 15.2. The fraction of sp³-hybridized carbons (Fsp3) is 0.412. The molecule has 0 aliphatic rings. The van der Waals surface area contributed by atoms with E-state index in [4.69, 9.17) is 0 Å². The summed E-state index contributed by atoms with van der Waals surface area (Å²) in [6, 6.07) is 8.02. The van der Waals surface area contributed by atoms with Crippen LogP contribution < -0.4 is 5.32 Å². The Kier molecular flexibility index (Phi) is 5.14. The van der Waals surface area contributed by atoms with E-state index in [0.717, 1.165) is 24.4 Å². The van der Waals surface area contributed by atoms with E-state index in [9.17, 15) is 4.79 Å². The molecule has 0 aliphatic carbocycles. The summed E-state index contributed by atoms with van der Waals surface area (Å²) in [5.41, 5.74) is 2.11. The van der Waals surface area contributed by atoms with Gasteiger partial charge in [0, 0.05) is 24.5 Å². The highest BCUT2D eigenvalue weighted by molar-refractivity contribution is 5.90. The number of carbonyl (C=O) groups is 1. The highest BCUT2D eigenvalue weighted by Gasteiger charge is 2.08. The number of amides is 1. The zero-order valence-electron chi connectivity index (χ0n) is 13.0. The van der Waals surface area contributed by atoms with Gasteiger partial charge in [0.2, 0.25) is 5.91 Å². The van der Waals surface area contributed by atoms with E-state index in [2.05, 4.69) is 43.2 Å². The monoisotopic (exact) mass is 285 g/mol. The predicted molar refractivity (Wildman–Crippen MR) is 85.4 cm³/mol. The van der Waals surface area contributed by atoms with E-state index in [1.54, 1.807) is 6.20 Å². The predicted octanol–water partition coefficient (Wildman–Crippen LogP) is 3.60. The molecular weight excluding hydrogens is 262 g/mol. The molecule has 0 saturated carbocycles. The zero-order valence-corrected chi connectivity index (χ0v) is 13.0. The first-order valence-corrected chi connectivity index (χ1v) is 7.50. The lowest BCUT2D eigenvalue weighted by molar-refractivity contribution is -0.116. The van der Waals surface area contributed by atoms with Crippen molar-refractivity contribution in [2.45, 2.75) is 46.1 Å². The number of imidazole rings is 1. The molecule has 2 aromatic rings. The first-order chi connectivity index (χ1) is 10.1. The van der Waals surface area contributed by atoms with Crippen molar-refractivity contribution in [1.29, 1.82) is 0 Å². The van der Waals surface area contributed by atoms with Gasteiger partial charge < -0.3 is 9.88 Å². The second-order valence-corrected chi connectivity index (χ2v) is 5.55. The fourth-order valence-electron chi connectivity index (χ4n) is 2.24. The first-order valence-electron chi connectivity index (χ1n) is 7.50. The Morgan fingerprint density at radius 2 is 2.00 bits per heavy atom. The van der Waals surface area contributed by atoms with Crippen LogP contribution in [0.25, 0.3) is 0 Å². The molecule has 4 heteroatoms. The third-order valence-electron chi connectivity index (χ3n) is 3.45. The molecule has 0 radical (unpaired) electrons. The second kappa shape index (κ2) is 7.07. The maximum absolute atomic E-state index is 12.1. The topological polar surface area (TPSA) is 46.9 Å². The third kappa shape index (κ3) is 4.18. The summed E-state index contributed by atoms with van der Waals surface area (Å²) in [5, 5.41) is 2.93. The van der Waals surface area contributed by atoms with Crippen LogP contribution in [0, 0.1) is 0 Å². The molecule has 4 nitrogen and oxygen atoms in total. The molecule has 0 fully saturated rings. The number of benzene rings is 1. The van der Waals surface area contributed by atoms with Gasteiger partial charge >= 0.3 is 0 Å². The minimum Gasteiger partial charge on any atom is -0.326 e. The van der Waals surface area contributed by atoms with Crippen molar-refractivity contribution in [2.24, 2.45) is 0 Å². The Morgan fingerprint density at radius 1 is 1.29 bits per heavy atom. The lowest BCUT2D eigenvalue weighted by Gasteiger charge is -2.10. The average molecular weight is 285 g/mol. The van der Waals surface area contributed by atoms with Gasteiger partial charge in [-0.15, -0.1) is 0 Å². The van der Waals surface area contributed by atoms with Crippen LogP contribution in [0.3, 0.4) is 0 Å². The van der Waals surface area contributed by atoms with Crippen LogP contribution in [-0.2, 0) is 17.8 Å². The van der Waals surface area contributed by atoms with Crippen molar-refractivity contribution < 1.29 is 4.79 Å². The molecule has 0 unspecified atom stereocenters. The van der Waals surface area contributed by atoms with Crippen LogP contribution in [0.5, 0.6) is 0 Å². The summed E-state index contributed by atoms with van der Waals surface area (Å²) in [6.07, 6.45) is 5.51. The van der Waals surface area contributed by atoms with Gasteiger partial charge in [0.1, 0.15) is 12.4 Å². The maximum atomic E-state index is 12.1. The third-order valence-corrected chi connectivity index (χ3v) is 3.45. The second-order valence-electron chi connectivity index (χ2n) is 5.55. The minimum atomic E-state index is -0.0253. The molecule has 1 amide bonds. The van der Waals surface area contributed by atoms with Gasteiger partial charge in [-0.25, -0.2) is 4.98 Å². The molecule has 1 aromatic carbocycles. The summed E-state index contributed by atoms with van der Waals surface area (Å²) >= 11 is 0. The van der Waals surface area contributed by atoms with Crippen molar-refractivity contribution in [1.82, 2.24) is 9.55 Å². The molecular formula is C17H23N3O. The maximum Gasteiger partial charge on any atom is 0.244 e. The Bertz CT molecular complexity index is 584. The lowest BCUT2D eigenvalue weighted by atomic mass is 10.0. The standard InChI is InChI=1S/C17H23N3O/c1-4-5-16-18-10-11-20(16)12-17(21)19-15-8-6-14(7-9-15)13(2)3/h6-11,13H,4-5,12H2,1-3H3,(H,19,21). The van der Waals surface area contributed by atoms with Gasteiger partial charge in [0.15, 0.2) is 0 Å². The quantitative estimate of drug-likeness (QED) is 0.881. The smallest absolute Gasteiger partial charge is 0.244 e. The first kappa shape index (κ1) is 15.3. The van der Waals surface area contributed by atoms with Crippen molar-refractivity contribution in [3.05, 3.63) is 48.0 Å². The molecule has 2 rings (SSSR count). The summed E-state index contributed by atoms with van der Waals surface area (Å²) in [7, 11) is 0. The van der Waals surface area contributed by atoms with E-state index in [-0.39, 0.29) is 5.91 Å². The highest BCUT2D eigenvalue weighted by Crippen LogP contribution is 2.17. The van der Waals surface area contributed by atoms with Gasteiger partial charge in [-0.05, 0) is 30.0 Å². The Balaban J connectivity index is 1.96. The number of hydrogen-bond donors (Lipinski definition) is 1. The molecule has 0 saturated heterocycles. The van der Waals surface area contributed by atoms with E-state index >= 15 is 0 Å². The van der Waals surface area contributed by atoms with E-state index in [0.29, 0.717) is 12.5 Å². The summed E-state index contributed by atoms with van der Waals surface area (Å²) in [6.45, 7) is 6.72. The van der Waals surface area contributed by atoms with Crippen LogP contribution in [0.15, 0.2) is 36.7 Å². The van der Waals surface area contributed by atoms with Crippen LogP contribution in [0.4, 0.5) is 5.69 Å². The normalized spacial score (nSPS) is 10.9. The Labute approximate surface area is 126 Å². The number of carbonyl (C=O) groups excluding carboxylic acids is 1. The lowest BCUT2D eigenvalue weighted by Crippen LogP contribution is -2.19. The molecule has 0 spiro atoms. The van der Waals surface area contributed by atoms with Crippen molar-refractivity contribution in [3.63, 3.8) is 0 Å². The summed E-state index contributed by atoms with van der Waals surface area (Å²) < 4.78 is 1.90.